The van der Waals surface area contributed by atoms with Gasteiger partial charge in [0.05, 0.1) is 0 Å². The SMILES string of the molecule is Cc1cc(C(=O)N2CCS(=O)CC2)cc(N)n1. The first kappa shape index (κ1) is 12.0. The van der Waals surface area contributed by atoms with Crippen molar-refractivity contribution in [1.82, 2.24) is 9.88 Å². The number of nitrogens with two attached hydrogens (primary N) is 1. The molecule has 2 N–H and O–H groups in total. The Labute approximate surface area is 102 Å². The Kier molecular flexibility index (Phi) is 3.42. The fourth-order valence-electron chi connectivity index (χ4n) is 1.84. The zero-order valence-corrected chi connectivity index (χ0v) is 10.5. The summed E-state index contributed by atoms with van der Waals surface area (Å²) in [6, 6.07) is 3.31. The molecule has 2 rings (SSSR count). The smallest absolute Gasteiger partial charge is 0.254 e. The standard InChI is InChI=1S/C11H15N3O2S/c1-8-6-9(7-10(12)13-8)11(15)14-2-4-17(16)5-3-14/h6-7H,2-5H2,1H3,(H2,12,13). The van der Waals surface area contributed by atoms with Crippen molar-refractivity contribution in [1.29, 1.82) is 0 Å². The number of carbonyl (C=O) groups excluding carboxylic acids is 1. The van der Waals surface area contributed by atoms with E-state index in [2.05, 4.69) is 4.98 Å². The summed E-state index contributed by atoms with van der Waals surface area (Å²) < 4.78 is 11.2. The highest BCUT2D eigenvalue weighted by molar-refractivity contribution is 7.85. The Hall–Kier alpha value is -1.43. The third kappa shape index (κ3) is 2.82. The van der Waals surface area contributed by atoms with Crippen molar-refractivity contribution in [3.63, 3.8) is 0 Å². The first-order chi connectivity index (χ1) is 8.06. The molecule has 0 spiro atoms. The molecule has 1 fully saturated rings. The summed E-state index contributed by atoms with van der Waals surface area (Å²) >= 11 is 0. The van der Waals surface area contributed by atoms with E-state index in [0.29, 0.717) is 36.0 Å². The first-order valence-corrected chi connectivity index (χ1v) is 6.93. The first-order valence-electron chi connectivity index (χ1n) is 5.44. The van der Waals surface area contributed by atoms with Crippen molar-refractivity contribution in [2.75, 3.05) is 30.3 Å². The molecule has 6 heteroatoms. The Morgan fingerprint density at radius 1 is 1.41 bits per heavy atom. The molecule has 0 bridgehead atoms. The van der Waals surface area contributed by atoms with E-state index in [-0.39, 0.29) is 5.91 Å². The number of nitrogen functional groups attached to an aromatic ring is 1. The summed E-state index contributed by atoms with van der Waals surface area (Å²) in [5, 5.41) is 0. The predicted molar refractivity (Wildman–Crippen MR) is 67.2 cm³/mol. The molecule has 1 saturated heterocycles. The van der Waals surface area contributed by atoms with Gasteiger partial charge in [-0.05, 0) is 19.1 Å². The Bertz CT molecular complexity index is 446. The molecule has 5 nitrogen and oxygen atoms in total. The van der Waals surface area contributed by atoms with Gasteiger partial charge in [0.25, 0.3) is 5.91 Å². The molecule has 0 atom stereocenters. The van der Waals surface area contributed by atoms with Crippen molar-refractivity contribution < 1.29 is 9.00 Å². The second-order valence-electron chi connectivity index (χ2n) is 4.06. The summed E-state index contributed by atoms with van der Waals surface area (Å²) in [5.74, 6) is 1.42. The van der Waals surface area contributed by atoms with Gasteiger partial charge in [0, 0.05) is 46.7 Å². The summed E-state index contributed by atoms with van der Waals surface area (Å²) in [5.41, 5.74) is 6.91. The number of anilines is 1. The van der Waals surface area contributed by atoms with Gasteiger partial charge in [-0.15, -0.1) is 0 Å². The molecule has 2 heterocycles. The van der Waals surface area contributed by atoms with Crippen molar-refractivity contribution in [3.8, 4) is 0 Å². The minimum Gasteiger partial charge on any atom is -0.384 e. The molecule has 92 valence electrons. The number of aromatic nitrogens is 1. The van der Waals surface area contributed by atoms with Gasteiger partial charge in [-0.3, -0.25) is 9.00 Å². The van der Waals surface area contributed by atoms with Crippen LogP contribution in [0, 0.1) is 6.92 Å². The molecule has 1 aliphatic rings. The van der Waals surface area contributed by atoms with Crippen LogP contribution < -0.4 is 5.73 Å². The van der Waals surface area contributed by atoms with Gasteiger partial charge in [-0.2, -0.15) is 0 Å². The van der Waals surface area contributed by atoms with Gasteiger partial charge in [-0.1, -0.05) is 0 Å². The number of aryl methyl sites for hydroxylation is 1. The van der Waals surface area contributed by atoms with Crippen molar-refractivity contribution in [3.05, 3.63) is 23.4 Å². The molecule has 0 unspecified atom stereocenters. The maximum absolute atomic E-state index is 12.2. The van der Waals surface area contributed by atoms with Crippen LogP contribution in [0.15, 0.2) is 12.1 Å². The molecule has 17 heavy (non-hydrogen) atoms. The van der Waals surface area contributed by atoms with E-state index in [9.17, 15) is 9.00 Å². The third-order valence-corrected chi connectivity index (χ3v) is 3.96. The summed E-state index contributed by atoms with van der Waals surface area (Å²) in [7, 11) is -0.774. The minimum atomic E-state index is -0.774. The van der Waals surface area contributed by atoms with E-state index < -0.39 is 10.8 Å². The number of nitrogens with zero attached hydrogens (tertiary/aromatic N) is 2. The molecule has 0 aliphatic carbocycles. The molecule has 1 amide bonds. The summed E-state index contributed by atoms with van der Waals surface area (Å²) in [6.07, 6.45) is 0. The van der Waals surface area contributed by atoms with Gasteiger partial charge in [-0.25, -0.2) is 4.98 Å². The van der Waals surface area contributed by atoms with E-state index in [0.717, 1.165) is 5.69 Å². The molecule has 0 aromatic carbocycles. The second-order valence-corrected chi connectivity index (χ2v) is 5.76. The number of carbonyl (C=O) groups is 1. The number of rotatable bonds is 1. The highest BCUT2D eigenvalue weighted by atomic mass is 32.2. The molecule has 1 aromatic heterocycles. The highest BCUT2D eigenvalue weighted by Gasteiger charge is 2.21. The molecule has 0 saturated carbocycles. The zero-order valence-electron chi connectivity index (χ0n) is 9.68. The van der Waals surface area contributed by atoms with Crippen LogP contribution in [0.3, 0.4) is 0 Å². The Morgan fingerprint density at radius 2 is 2.06 bits per heavy atom. The maximum Gasteiger partial charge on any atom is 0.254 e. The molecular weight excluding hydrogens is 238 g/mol. The Balaban J connectivity index is 2.16. The number of amides is 1. The van der Waals surface area contributed by atoms with E-state index in [1.807, 2.05) is 0 Å². The average molecular weight is 253 g/mol. The summed E-state index contributed by atoms with van der Waals surface area (Å²) in [4.78, 5) is 17.9. The topological polar surface area (TPSA) is 76.3 Å². The van der Waals surface area contributed by atoms with Crippen LogP contribution >= 0.6 is 0 Å². The van der Waals surface area contributed by atoms with E-state index in [1.165, 1.54) is 0 Å². The lowest BCUT2D eigenvalue weighted by Gasteiger charge is -2.26. The number of hydrogen-bond acceptors (Lipinski definition) is 4. The predicted octanol–water partition coefficient (Wildman–Crippen LogP) is 0.177. The van der Waals surface area contributed by atoms with Crippen molar-refractivity contribution >= 4 is 22.5 Å². The van der Waals surface area contributed by atoms with E-state index in [1.54, 1.807) is 24.0 Å². The highest BCUT2D eigenvalue weighted by Crippen LogP contribution is 2.12. The van der Waals surface area contributed by atoms with E-state index in [4.69, 9.17) is 5.73 Å². The average Bonchev–Trinajstić information content (AvgIpc) is 2.28. The van der Waals surface area contributed by atoms with E-state index >= 15 is 0 Å². The van der Waals surface area contributed by atoms with Crippen LogP contribution in [-0.4, -0.2) is 44.6 Å². The van der Waals surface area contributed by atoms with Gasteiger partial charge < -0.3 is 10.6 Å². The largest absolute Gasteiger partial charge is 0.384 e. The quantitative estimate of drug-likeness (QED) is 0.774. The van der Waals surface area contributed by atoms with Gasteiger partial charge in [0.15, 0.2) is 0 Å². The monoisotopic (exact) mass is 253 g/mol. The fourth-order valence-corrected chi connectivity index (χ4v) is 2.89. The lowest BCUT2D eigenvalue weighted by Crippen LogP contribution is -2.41. The molecular formula is C11H15N3O2S. The minimum absolute atomic E-state index is 0.0566. The molecule has 1 aliphatic heterocycles. The van der Waals surface area contributed by atoms with Crippen LogP contribution in [0.4, 0.5) is 5.82 Å². The lowest BCUT2D eigenvalue weighted by molar-refractivity contribution is 0.0771. The van der Waals surface area contributed by atoms with Gasteiger partial charge in [0.2, 0.25) is 0 Å². The van der Waals surface area contributed by atoms with Crippen LogP contribution in [0.2, 0.25) is 0 Å². The van der Waals surface area contributed by atoms with Gasteiger partial charge >= 0.3 is 0 Å². The van der Waals surface area contributed by atoms with Crippen molar-refractivity contribution in [2.24, 2.45) is 0 Å². The molecule has 0 radical (unpaired) electrons. The van der Waals surface area contributed by atoms with Crippen LogP contribution in [0.1, 0.15) is 16.1 Å². The number of hydrogen-bond donors (Lipinski definition) is 1. The summed E-state index contributed by atoms with van der Waals surface area (Å²) in [6.45, 7) is 2.90. The third-order valence-electron chi connectivity index (χ3n) is 2.69. The number of pyridine rings is 1. The van der Waals surface area contributed by atoms with Crippen LogP contribution in [0.25, 0.3) is 0 Å². The second kappa shape index (κ2) is 4.83. The van der Waals surface area contributed by atoms with Gasteiger partial charge in [0.1, 0.15) is 5.82 Å². The van der Waals surface area contributed by atoms with Crippen LogP contribution in [0.5, 0.6) is 0 Å². The maximum atomic E-state index is 12.2. The van der Waals surface area contributed by atoms with Crippen LogP contribution in [-0.2, 0) is 10.8 Å². The fraction of sp³-hybridized carbons (Fsp3) is 0.455. The zero-order chi connectivity index (χ0) is 12.4. The Morgan fingerprint density at radius 3 is 2.65 bits per heavy atom. The molecule has 1 aromatic rings. The lowest BCUT2D eigenvalue weighted by atomic mass is 10.2. The van der Waals surface area contributed by atoms with Crippen molar-refractivity contribution in [2.45, 2.75) is 6.92 Å². The normalized spacial score (nSPS) is 17.1.